The molecule has 0 aliphatic heterocycles. The Morgan fingerprint density at radius 3 is 2.65 bits per heavy atom. The van der Waals surface area contributed by atoms with E-state index in [2.05, 4.69) is 27.1 Å². The highest BCUT2D eigenvalue weighted by molar-refractivity contribution is 5.87. The Labute approximate surface area is 118 Å². The molecule has 2 rings (SSSR count). The number of rotatable bonds is 6. The number of nitrogens with two attached hydrogens (primary N) is 1. The lowest BCUT2D eigenvalue weighted by Gasteiger charge is -2.10. The van der Waals surface area contributed by atoms with Crippen LogP contribution in [0.25, 0.3) is 0 Å². The van der Waals surface area contributed by atoms with Crippen LogP contribution >= 0.6 is 0 Å². The summed E-state index contributed by atoms with van der Waals surface area (Å²) < 4.78 is 2.13. The SMILES string of the molecule is CCCn1cncc1CNc1ccc(NC(N)=O)cc1. The Morgan fingerprint density at radius 2 is 2.00 bits per heavy atom. The second-order valence-electron chi connectivity index (χ2n) is 4.50. The first-order valence-electron chi connectivity index (χ1n) is 6.58. The first-order chi connectivity index (χ1) is 9.69. The summed E-state index contributed by atoms with van der Waals surface area (Å²) in [5.74, 6) is 0. The third kappa shape index (κ3) is 3.74. The van der Waals surface area contributed by atoms with Gasteiger partial charge in [-0.3, -0.25) is 0 Å². The van der Waals surface area contributed by atoms with Crippen LogP contribution in [-0.2, 0) is 13.1 Å². The predicted molar refractivity (Wildman–Crippen MR) is 79.5 cm³/mol. The van der Waals surface area contributed by atoms with Gasteiger partial charge < -0.3 is 20.9 Å². The van der Waals surface area contributed by atoms with Gasteiger partial charge in [-0.25, -0.2) is 9.78 Å². The highest BCUT2D eigenvalue weighted by Gasteiger charge is 2.01. The lowest BCUT2D eigenvalue weighted by Crippen LogP contribution is -2.19. The zero-order chi connectivity index (χ0) is 14.4. The van der Waals surface area contributed by atoms with Crippen LogP contribution in [0.4, 0.5) is 16.2 Å². The van der Waals surface area contributed by atoms with Crippen LogP contribution in [-0.4, -0.2) is 15.6 Å². The second kappa shape index (κ2) is 6.60. The molecule has 6 nitrogen and oxygen atoms in total. The second-order valence-corrected chi connectivity index (χ2v) is 4.50. The first-order valence-corrected chi connectivity index (χ1v) is 6.58. The highest BCUT2D eigenvalue weighted by atomic mass is 16.2. The highest BCUT2D eigenvalue weighted by Crippen LogP contribution is 2.14. The van der Waals surface area contributed by atoms with E-state index in [1.54, 1.807) is 12.1 Å². The van der Waals surface area contributed by atoms with Crippen molar-refractivity contribution >= 4 is 17.4 Å². The van der Waals surface area contributed by atoms with Gasteiger partial charge >= 0.3 is 6.03 Å². The van der Waals surface area contributed by atoms with Crippen molar-refractivity contribution in [3.63, 3.8) is 0 Å². The summed E-state index contributed by atoms with van der Waals surface area (Å²) >= 11 is 0. The molecule has 1 heterocycles. The molecule has 0 saturated carbocycles. The average molecular weight is 273 g/mol. The van der Waals surface area contributed by atoms with E-state index in [1.807, 2.05) is 24.7 Å². The van der Waals surface area contributed by atoms with Gasteiger partial charge in [-0.2, -0.15) is 0 Å². The smallest absolute Gasteiger partial charge is 0.316 e. The van der Waals surface area contributed by atoms with Crippen LogP contribution in [0.2, 0.25) is 0 Å². The van der Waals surface area contributed by atoms with Crippen LogP contribution in [0.15, 0.2) is 36.8 Å². The average Bonchev–Trinajstić information content (AvgIpc) is 2.85. The minimum absolute atomic E-state index is 0.561. The molecule has 1 aromatic carbocycles. The van der Waals surface area contributed by atoms with Crippen LogP contribution in [0, 0.1) is 0 Å². The summed E-state index contributed by atoms with van der Waals surface area (Å²) in [6, 6.07) is 6.83. The summed E-state index contributed by atoms with van der Waals surface area (Å²) in [6.45, 7) is 3.82. The summed E-state index contributed by atoms with van der Waals surface area (Å²) in [4.78, 5) is 14.9. The van der Waals surface area contributed by atoms with Gasteiger partial charge in [-0.1, -0.05) is 6.92 Å². The zero-order valence-corrected chi connectivity index (χ0v) is 11.5. The number of imidazole rings is 1. The van der Waals surface area contributed by atoms with Gasteiger partial charge in [-0.05, 0) is 30.7 Å². The van der Waals surface area contributed by atoms with E-state index in [1.165, 1.54) is 0 Å². The number of hydrogen-bond donors (Lipinski definition) is 3. The third-order valence-electron chi connectivity index (χ3n) is 2.89. The lowest BCUT2D eigenvalue weighted by molar-refractivity contribution is 0.259. The Bertz CT molecular complexity index is 561. The van der Waals surface area contributed by atoms with Gasteiger partial charge in [0, 0.05) is 24.1 Å². The molecule has 2 amide bonds. The summed E-state index contributed by atoms with van der Waals surface area (Å²) in [7, 11) is 0. The van der Waals surface area contributed by atoms with Gasteiger partial charge in [0.1, 0.15) is 0 Å². The standard InChI is InChI=1S/C14H19N5O/c1-2-7-19-10-16-8-13(19)9-17-11-3-5-12(6-4-11)18-14(15)20/h3-6,8,10,17H,2,7,9H2,1H3,(H3,15,18,20). The number of nitrogens with one attached hydrogen (secondary N) is 2. The number of aromatic nitrogens is 2. The fraction of sp³-hybridized carbons (Fsp3) is 0.286. The fourth-order valence-electron chi connectivity index (χ4n) is 1.94. The molecule has 6 heteroatoms. The van der Waals surface area contributed by atoms with E-state index in [0.717, 1.165) is 24.3 Å². The summed E-state index contributed by atoms with van der Waals surface area (Å²) in [5, 5.41) is 5.85. The van der Waals surface area contributed by atoms with Gasteiger partial charge in [0.2, 0.25) is 0 Å². The Morgan fingerprint density at radius 1 is 1.30 bits per heavy atom. The molecule has 0 atom stereocenters. The van der Waals surface area contributed by atoms with E-state index in [0.29, 0.717) is 12.2 Å². The maximum Gasteiger partial charge on any atom is 0.316 e. The maximum atomic E-state index is 10.7. The molecule has 1 aromatic heterocycles. The van der Waals surface area contributed by atoms with Crippen molar-refractivity contribution in [2.75, 3.05) is 10.6 Å². The van der Waals surface area contributed by atoms with Crippen LogP contribution in [0.5, 0.6) is 0 Å². The van der Waals surface area contributed by atoms with Crippen molar-refractivity contribution in [2.24, 2.45) is 5.73 Å². The molecule has 4 N–H and O–H groups in total. The minimum atomic E-state index is -0.561. The maximum absolute atomic E-state index is 10.7. The fourth-order valence-corrected chi connectivity index (χ4v) is 1.94. The molecule has 0 unspecified atom stereocenters. The first kappa shape index (κ1) is 13.9. The monoisotopic (exact) mass is 273 g/mol. The number of carbonyl (C=O) groups is 1. The van der Waals surface area contributed by atoms with Gasteiger partial charge in [0.05, 0.1) is 18.6 Å². The van der Waals surface area contributed by atoms with Crippen LogP contribution in [0.3, 0.4) is 0 Å². The van der Waals surface area contributed by atoms with Crippen molar-refractivity contribution in [2.45, 2.75) is 26.4 Å². The van der Waals surface area contributed by atoms with Crippen molar-refractivity contribution < 1.29 is 4.79 Å². The molecule has 0 saturated heterocycles. The van der Waals surface area contributed by atoms with E-state index in [9.17, 15) is 4.79 Å². The zero-order valence-electron chi connectivity index (χ0n) is 11.5. The van der Waals surface area contributed by atoms with Crippen molar-refractivity contribution in [1.29, 1.82) is 0 Å². The quantitative estimate of drug-likeness (QED) is 0.755. The Kier molecular flexibility index (Phi) is 4.60. The number of aryl methyl sites for hydroxylation is 1. The van der Waals surface area contributed by atoms with Crippen molar-refractivity contribution in [3.8, 4) is 0 Å². The molecule has 0 spiro atoms. The van der Waals surface area contributed by atoms with Gasteiger partial charge in [0.15, 0.2) is 0 Å². The summed E-state index contributed by atoms with van der Waals surface area (Å²) in [5.41, 5.74) is 7.86. The Balaban J connectivity index is 1.93. The number of benzene rings is 1. The van der Waals surface area contributed by atoms with Gasteiger partial charge in [0.25, 0.3) is 0 Å². The number of urea groups is 1. The molecule has 0 bridgehead atoms. The molecular formula is C14H19N5O. The number of anilines is 2. The molecule has 0 radical (unpaired) electrons. The van der Waals surface area contributed by atoms with Crippen molar-refractivity contribution in [1.82, 2.24) is 9.55 Å². The summed E-state index contributed by atoms with van der Waals surface area (Å²) in [6.07, 6.45) is 4.79. The molecular weight excluding hydrogens is 254 g/mol. The topological polar surface area (TPSA) is 85.0 Å². The molecule has 106 valence electrons. The van der Waals surface area contributed by atoms with E-state index in [4.69, 9.17) is 5.73 Å². The third-order valence-corrected chi connectivity index (χ3v) is 2.89. The largest absolute Gasteiger partial charge is 0.379 e. The molecule has 0 fully saturated rings. The van der Waals surface area contributed by atoms with Crippen molar-refractivity contribution in [3.05, 3.63) is 42.5 Å². The number of primary amides is 1. The lowest BCUT2D eigenvalue weighted by atomic mass is 10.2. The van der Waals surface area contributed by atoms with Gasteiger partial charge in [-0.15, -0.1) is 0 Å². The molecule has 0 aliphatic carbocycles. The number of carbonyl (C=O) groups excluding carboxylic acids is 1. The van der Waals surface area contributed by atoms with E-state index >= 15 is 0 Å². The number of amides is 2. The normalized spacial score (nSPS) is 10.2. The Hall–Kier alpha value is -2.50. The molecule has 2 aromatic rings. The van der Waals surface area contributed by atoms with Crippen LogP contribution in [0.1, 0.15) is 19.0 Å². The number of hydrogen-bond acceptors (Lipinski definition) is 3. The van der Waals surface area contributed by atoms with E-state index in [-0.39, 0.29) is 0 Å². The van der Waals surface area contributed by atoms with Crippen LogP contribution < -0.4 is 16.4 Å². The minimum Gasteiger partial charge on any atom is -0.379 e. The molecule has 0 aliphatic rings. The predicted octanol–water partition coefficient (Wildman–Crippen LogP) is 2.40. The van der Waals surface area contributed by atoms with E-state index < -0.39 is 6.03 Å². The molecule has 20 heavy (non-hydrogen) atoms. The number of nitrogens with zero attached hydrogens (tertiary/aromatic N) is 2.